The third-order valence-electron chi connectivity index (χ3n) is 0.863. The van der Waals surface area contributed by atoms with Gasteiger partial charge in [0.1, 0.15) is 4.86 Å². The molecule has 0 rings (SSSR count). The van der Waals surface area contributed by atoms with Gasteiger partial charge >= 0.3 is 11.9 Å². The van der Waals surface area contributed by atoms with Crippen LogP contribution in [0.1, 0.15) is 6.42 Å². The van der Waals surface area contributed by atoms with Gasteiger partial charge in [-0.1, -0.05) is 24.5 Å². The van der Waals surface area contributed by atoms with E-state index in [1.807, 2.05) is 0 Å². The van der Waals surface area contributed by atoms with Crippen molar-refractivity contribution in [3.63, 3.8) is 0 Å². The monoisotopic (exact) mass is 274 g/mol. The normalized spacial score (nSPS) is 9.07. The van der Waals surface area contributed by atoms with Gasteiger partial charge in [0.15, 0.2) is 0 Å². The molecule has 2 N–H and O–H groups in total. The van der Waals surface area contributed by atoms with Crippen LogP contribution in [0.4, 0.5) is 0 Å². The van der Waals surface area contributed by atoms with Crippen LogP contribution in [0.15, 0.2) is 0 Å². The van der Waals surface area contributed by atoms with Crippen molar-refractivity contribution in [2.75, 3.05) is 14.2 Å². The molecule has 0 aromatic heterocycles. The Morgan fingerprint density at radius 3 is 1.80 bits per heavy atom. The maximum Gasteiger partial charge on any atom is 0.343 e. The highest BCUT2D eigenvalue weighted by molar-refractivity contribution is 8.41. The minimum absolute atomic E-state index is 0.470. The third kappa shape index (κ3) is 13.7. The van der Waals surface area contributed by atoms with Crippen LogP contribution in [0.2, 0.25) is 0 Å². The van der Waals surface area contributed by atoms with E-state index in [4.69, 9.17) is 10.2 Å². The topological polar surface area (TPSA) is 93.1 Å². The minimum atomic E-state index is -1.34. The predicted octanol–water partition coefficient (Wildman–Crippen LogP) is 1.35. The van der Waals surface area contributed by atoms with Crippen LogP contribution < -0.4 is 0 Å². The lowest BCUT2D eigenvalue weighted by atomic mass is 10.3. The SMILES string of the molecule is COP(S)OC.O=C(O)CC(=S)C(=O)O. The number of thiocarbonyl (C=S) groups is 1. The zero-order chi connectivity index (χ0) is 12.4. The lowest BCUT2D eigenvalue weighted by Gasteiger charge is -1.99. The first kappa shape index (κ1) is 17.1. The average Bonchev–Trinajstić information content (AvgIpc) is 2.16. The van der Waals surface area contributed by atoms with E-state index in [1.165, 1.54) is 0 Å². The first-order valence-electron chi connectivity index (χ1n) is 3.40. The Bertz CT molecular complexity index is 230. The van der Waals surface area contributed by atoms with E-state index in [-0.39, 0.29) is 0 Å². The summed E-state index contributed by atoms with van der Waals surface area (Å²) in [6.45, 7) is 0. The van der Waals surface area contributed by atoms with Gasteiger partial charge in [-0.25, -0.2) is 4.79 Å². The van der Waals surface area contributed by atoms with Crippen molar-refractivity contribution in [2.45, 2.75) is 6.42 Å². The van der Waals surface area contributed by atoms with Gasteiger partial charge in [-0.3, -0.25) is 4.79 Å². The van der Waals surface area contributed by atoms with Gasteiger partial charge in [0, 0.05) is 14.2 Å². The van der Waals surface area contributed by atoms with Gasteiger partial charge in [0.25, 0.3) is 0 Å². The number of hydrogen-bond acceptors (Lipinski definition) is 6. The molecule has 0 heterocycles. The van der Waals surface area contributed by atoms with Crippen LogP contribution in [-0.2, 0) is 18.6 Å². The van der Waals surface area contributed by atoms with Crippen molar-refractivity contribution in [3.05, 3.63) is 0 Å². The summed E-state index contributed by atoms with van der Waals surface area (Å²) in [5.41, 5.74) is 0. The van der Waals surface area contributed by atoms with E-state index < -0.39 is 30.8 Å². The minimum Gasteiger partial charge on any atom is -0.481 e. The summed E-state index contributed by atoms with van der Waals surface area (Å²) in [7, 11) is 2.23. The summed E-state index contributed by atoms with van der Waals surface area (Å²) < 4.78 is 9.21. The van der Waals surface area contributed by atoms with Gasteiger partial charge in [-0.15, -0.1) is 0 Å². The molecule has 0 radical (unpaired) electrons. The molecule has 0 aromatic carbocycles. The summed E-state index contributed by atoms with van der Waals surface area (Å²) in [4.78, 5) is 19.1. The zero-order valence-corrected chi connectivity index (χ0v) is 10.6. The van der Waals surface area contributed by atoms with Crippen LogP contribution >= 0.6 is 32.0 Å². The van der Waals surface area contributed by atoms with Crippen molar-refractivity contribution < 1.29 is 28.8 Å². The van der Waals surface area contributed by atoms with E-state index in [0.717, 1.165) is 0 Å². The lowest BCUT2D eigenvalue weighted by molar-refractivity contribution is -0.137. The molecule has 0 saturated heterocycles. The van der Waals surface area contributed by atoms with Crippen molar-refractivity contribution in [3.8, 4) is 0 Å². The number of carbonyl (C=O) groups is 2. The standard InChI is InChI=1S/C4H4O4S.C2H7O2PS/c5-3(6)1-2(9)4(7)8;1-3-5(6)4-2/h1H2,(H,5,6)(H,7,8);6H,1-2H3. The third-order valence-corrected chi connectivity index (χ3v) is 2.79. The number of hydrogen-bond donors (Lipinski definition) is 3. The molecule has 0 aliphatic carbocycles. The first-order valence-corrected chi connectivity index (χ1v) is 6.14. The molecule has 0 spiro atoms. The Morgan fingerprint density at radius 1 is 1.33 bits per heavy atom. The second kappa shape index (κ2) is 10.3. The fraction of sp³-hybridized carbons (Fsp3) is 0.500. The van der Waals surface area contributed by atoms with Crippen molar-refractivity contribution in [1.29, 1.82) is 0 Å². The number of aliphatic carboxylic acids is 2. The molecule has 9 heteroatoms. The molecule has 15 heavy (non-hydrogen) atoms. The Labute approximate surface area is 98.6 Å². The van der Waals surface area contributed by atoms with Gasteiger partial charge < -0.3 is 19.3 Å². The van der Waals surface area contributed by atoms with Crippen molar-refractivity contribution >= 4 is 48.8 Å². The van der Waals surface area contributed by atoms with E-state index in [1.54, 1.807) is 14.2 Å². The van der Waals surface area contributed by atoms with Crippen molar-refractivity contribution in [2.24, 2.45) is 0 Å². The average molecular weight is 274 g/mol. The van der Waals surface area contributed by atoms with Gasteiger partial charge in [-0.05, 0) is 0 Å². The second-order valence-corrected chi connectivity index (χ2v) is 4.58. The number of carboxylic acid groups (broad SMARTS) is 2. The molecule has 0 unspecified atom stereocenters. The van der Waals surface area contributed by atoms with E-state index in [9.17, 15) is 9.59 Å². The molecule has 0 bridgehead atoms. The predicted molar refractivity (Wildman–Crippen MR) is 62.4 cm³/mol. The van der Waals surface area contributed by atoms with Crippen LogP contribution in [0.25, 0.3) is 0 Å². The van der Waals surface area contributed by atoms with Crippen LogP contribution in [-0.4, -0.2) is 41.2 Å². The quantitative estimate of drug-likeness (QED) is 0.396. The highest BCUT2D eigenvalue weighted by Crippen LogP contribution is 2.40. The highest BCUT2D eigenvalue weighted by atomic mass is 32.7. The van der Waals surface area contributed by atoms with Gasteiger partial charge in [0.2, 0.25) is 7.58 Å². The molecule has 0 fully saturated rings. The Kier molecular flexibility index (Phi) is 11.7. The largest absolute Gasteiger partial charge is 0.481 e. The van der Waals surface area contributed by atoms with Crippen LogP contribution in [0, 0.1) is 0 Å². The van der Waals surface area contributed by atoms with E-state index in [2.05, 4.69) is 33.5 Å². The van der Waals surface area contributed by atoms with Crippen molar-refractivity contribution in [1.82, 2.24) is 0 Å². The van der Waals surface area contributed by atoms with Gasteiger partial charge in [0.05, 0.1) is 6.42 Å². The first-order chi connectivity index (χ1) is 6.84. The Morgan fingerprint density at radius 2 is 1.73 bits per heavy atom. The summed E-state index contributed by atoms with van der Waals surface area (Å²) in [5.74, 6) is -2.56. The molecule has 0 saturated carbocycles. The Balaban J connectivity index is 0. The molecule has 88 valence electrons. The molecule has 0 amide bonds. The molecule has 0 atom stereocenters. The molecular formula is C6H11O6PS2. The fourth-order valence-corrected chi connectivity index (χ4v) is 0.560. The lowest BCUT2D eigenvalue weighted by Crippen LogP contribution is -2.14. The van der Waals surface area contributed by atoms with Gasteiger partial charge in [-0.2, -0.15) is 0 Å². The summed E-state index contributed by atoms with van der Waals surface area (Å²) in [5, 5.41) is 16.0. The fourth-order valence-electron chi connectivity index (χ4n) is 0.287. The summed E-state index contributed by atoms with van der Waals surface area (Å²) in [6.07, 6.45) is -0.579. The highest BCUT2D eigenvalue weighted by Gasteiger charge is 2.09. The smallest absolute Gasteiger partial charge is 0.343 e. The Hall–Kier alpha value is -0.270. The molecular weight excluding hydrogens is 263 g/mol. The zero-order valence-electron chi connectivity index (χ0n) is 8.04. The second-order valence-electron chi connectivity index (χ2n) is 1.90. The van der Waals surface area contributed by atoms with Crippen LogP contribution in [0.3, 0.4) is 0 Å². The molecule has 0 aliphatic heterocycles. The maximum atomic E-state index is 9.83. The van der Waals surface area contributed by atoms with E-state index >= 15 is 0 Å². The number of thiol groups is 1. The molecule has 0 aliphatic rings. The number of carboxylic acids is 2. The molecule has 0 aromatic rings. The van der Waals surface area contributed by atoms with E-state index in [0.29, 0.717) is 0 Å². The number of rotatable bonds is 5. The molecule has 6 nitrogen and oxygen atoms in total. The summed E-state index contributed by atoms with van der Waals surface area (Å²) in [6, 6.07) is 0. The van der Waals surface area contributed by atoms with Crippen LogP contribution in [0.5, 0.6) is 0 Å². The summed E-state index contributed by atoms with van der Waals surface area (Å²) >= 11 is 8.02. The maximum absolute atomic E-state index is 9.83.